The highest BCUT2D eigenvalue weighted by atomic mass is 16.6. The molecule has 0 unspecified atom stereocenters. The van der Waals surface area contributed by atoms with Gasteiger partial charge in [-0.2, -0.15) is 0 Å². The average Bonchev–Trinajstić information content (AvgIpc) is 2.44. The van der Waals surface area contributed by atoms with E-state index in [0.29, 0.717) is 13.1 Å². The molecule has 1 aliphatic heterocycles. The normalized spacial score (nSPS) is 15.3. The van der Waals surface area contributed by atoms with Crippen molar-refractivity contribution in [3.63, 3.8) is 0 Å². The Morgan fingerprint density at radius 2 is 2.14 bits per heavy atom. The Labute approximate surface area is 132 Å². The molecule has 0 aromatic heterocycles. The zero-order chi connectivity index (χ0) is 16.2. The van der Waals surface area contributed by atoms with E-state index < -0.39 is 5.60 Å². The van der Waals surface area contributed by atoms with Gasteiger partial charge >= 0.3 is 6.09 Å². The molecule has 0 fully saturated rings. The van der Waals surface area contributed by atoms with E-state index in [1.54, 1.807) is 0 Å². The topological polar surface area (TPSA) is 67.6 Å². The lowest BCUT2D eigenvalue weighted by molar-refractivity contribution is 0.0521. The van der Waals surface area contributed by atoms with Crippen molar-refractivity contribution in [1.82, 2.24) is 10.2 Å². The van der Waals surface area contributed by atoms with Crippen LogP contribution >= 0.6 is 0 Å². The SMILES string of the molecule is CC(C)(C)OC(=O)NCCN1CCc2ccc(CN)cc2C1. The fraction of sp³-hybridized carbons (Fsp3) is 0.588. The zero-order valence-electron chi connectivity index (χ0n) is 13.8. The van der Waals surface area contributed by atoms with Crippen molar-refractivity contribution in [2.45, 2.75) is 45.9 Å². The van der Waals surface area contributed by atoms with Gasteiger partial charge in [0, 0.05) is 32.7 Å². The third-order valence-corrected chi connectivity index (χ3v) is 3.69. The van der Waals surface area contributed by atoms with Crippen LogP contribution in [-0.2, 0) is 24.2 Å². The maximum Gasteiger partial charge on any atom is 0.407 e. The molecule has 0 spiro atoms. The number of hydrogen-bond donors (Lipinski definition) is 2. The van der Waals surface area contributed by atoms with Gasteiger partial charge in [-0.15, -0.1) is 0 Å². The van der Waals surface area contributed by atoms with Crippen LogP contribution in [-0.4, -0.2) is 36.2 Å². The lowest BCUT2D eigenvalue weighted by atomic mass is 9.97. The van der Waals surface area contributed by atoms with E-state index in [0.717, 1.165) is 26.1 Å². The first-order chi connectivity index (χ1) is 10.4. The van der Waals surface area contributed by atoms with E-state index in [-0.39, 0.29) is 6.09 Å². The summed E-state index contributed by atoms with van der Waals surface area (Å²) in [6, 6.07) is 6.50. The molecule has 1 heterocycles. The van der Waals surface area contributed by atoms with Crippen molar-refractivity contribution in [2.24, 2.45) is 5.73 Å². The second kappa shape index (κ2) is 7.11. The molecular formula is C17H27N3O2. The van der Waals surface area contributed by atoms with Gasteiger partial charge in [0.2, 0.25) is 0 Å². The largest absolute Gasteiger partial charge is 0.444 e. The summed E-state index contributed by atoms with van der Waals surface area (Å²) in [6.07, 6.45) is 0.697. The lowest BCUT2D eigenvalue weighted by Gasteiger charge is -2.29. The Hall–Kier alpha value is -1.59. The van der Waals surface area contributed by atoms with Gasteiger partial charge in [-0.25, -0.2) is 4.79 Å². The van der Waals surface area contributed by atoms with Crippen molar-refractivity contribution in [2.75, 3.05) is 19.6 Å². The maximum atomic E-state index is 11.6. The predicted octanol–water partition coefficient (Wildman–Crippen LogP) is 2.03. The first kappa shape index (κ1) is 16.8. The number of amides is 1. The number of nitrogens with two attached hydrogens (primary N) is 1. The van der Waals surface area contributed by atoms with E-state index in [1.807, 2.05) is 20.8 Å². The predicted molar refractivity (Wildman–Crippen MR) is 87.6 cm³/mol. The lowest BCUT2D eigenvalue weighted by Crippen LogP contribution is -2.39. The van der Waals surface area contributed by atoms with Gasteiger partial charge in [-0.1, -0.05) is 18.2 Å². The van der Waals surface area contributed by atoms with Gasteiger partial charge in [0.05, 0.1) is 0 Å². The number of nitrogens with one attached hydrogen (secondary N) is 1. The number of nitrogens with zero attached hydrogens (tertiary/aromatic N) is 1. The van der Waals surface area contributed by atoms with Crippen LogP contribution in [0.25, 0.3) is 0 Å². The number of hydrogen-bond acceptors (Lipinski definition) is 4. The molecule has 0 saturated heterocycles. The van der Waals surface area contributed by atoms with Gasteiger partial charge in [0.15, 0.2) is 0 Å². The molecule has 0 radical (unpaired) electrons. The van der Waals surface area contributed by atoms with Crippen LogP contribution in [0.3, 0.4) is 0 Å². The Morgan fingerprint density at radius 1 is 1.36 bits per heavy atom. The molecular weight excluding hydrogens is 278 g/mol. The van der Waals surface area contributed by atoms with Gasteiger partial charge in [-0.3, -0.25) is 4.90 Å². The molecule has 22 heavy (non-hydrogen) atoms. The Morgan fingerprint density at radius 3 is 2.82 bits per heavy atom. The molecule has 122 valence electrons. The summed E-state index contributed by atoms with van der Waals surface area (Å²) in [5.41, 5.74) is 9.19. The molecule has 0 bridgehead atoms. The summed E-state index contributed by atoms with van der Waals surface area (Å²) in [5, 5.41) is 2.81. The number of ether oxygens (including phenoxy) is 1. The number of rotatable bonds is 4. The van der Waals surface area contributed by atoms with E-state index in [4.69, 9.17) is 10.5 Å². The zero-order valence-corrected chi connectivity index (χ0v) is 13.8. The molecule has 0 atom stereocenters. The molecule has 1 aromatic carbocycles. The monoisotopic (exact) mass is 305 g/mol. The number of alkyl carbamates (subject to hydrolysis) is 1. The van der Waals surface area contributed by atoms with Crippen LogP contribution < -0.4 is 11.1 Å². The molecule has 0 aliphatic carbocycles. The molecule has 5 heteroatoms. The van der Waals surface area contributed by atoms with Crippen molar-refractivity contribution in [1.29, 1.82) is 0 Å². The van der Waals surface area contributed by atoms with Gasteiger partial charge in [0.1, 0.15) is 5.60 Å². The third kappa shape index (κ3) is 5.00. The summed E-state index contributed by atoms with van der Waals surface area (Å²) >= 11 is 0. The molecule has 0 saturated carbocycles. The molecule has 1 aromatic rings. The first-order valence-corrected chi connectivity index (χ1v) is 7.87. The van der Waals surface area contributed by atoms with Crippen LogP contribution in [0.4, 0.5) is 4.79 Å². The highest BCUT2D eigenvalue weighted by Gasteiger charge is 2.18. The number of fused-ring (bicyclic) bond motifs is 1. The van der Waals surface area contributed by atoms with Gasteiger partial charge < -0.3 is 15.8 Å². The van der Waals surface area contributed by atoms with Crippen molar-refractivity contribution < 1.29 is 9.53 Å². The molecule has 2 rings (SSSR count). The molecule has 1 aliphatic rings. The maximum absolute atomic E-state index is 11.6. The van der Waals surface area contributed by atoms with E-state index >= 15 is 0 Å². The summed E-state index contributed by atoms with van der Waals surface area (Å²) in [7, 11) is 0. The van der Waals surface area contributed by atoms with E-state index in [2.05, 4.69) is 28.4 Å². The Kier molecular flexibility index (Phi) is 5.42. The Bertz CT molecular complexity index is 523. The standard InChI is InChI=1S/C17H27N3O2/c1-17(2,3)22-16(21)19-7-9-20-8-6-14-5-4-13(11-18)10-15(14)12-20/h4-5,10H,6-9,11-12,18H2,1-3H3,(H,19,21). The quantitative estimate of drug-likeness (QED) is 0.893. The number of benzene rings is 1. The summed E-state index contributed by atoms with van der Waals surface area (Å²) in [4.78, 5) is 14.0. The Balaban J connectivity index is 1.79. The fourth-order valence-corrected chi connectivity index (χ4v) is 2.62. The third-order valence-electron chi connectivity index (χ3n) is 3.69. The van der Waals surface area contributed by atoms with E-state index in [1.165, 1.54) is 16.7 Å². The van der Waals surface area contributed by atoms with E-state index in [9.17, 15) is 4.79 Å². The summed E-state index contributed by atoms with van der Waals surface area (Å²) in [5.74, 6) is 0. The fourth-order valence-electron chi connectivity index (χ4n) is 2.62. The minimum absolute atomic E-state index is 0.352. The number of carbonyl (C=O) groups excluding carboxylic acids is 1. The van der Waals surface area contributed by atoms with Crippen molar-refractivity contribution in [3.8, 4) is 0 Å². The average molecular weight is 305 g/mol. The van der Waals surface area contributed by atoms with Crippen LogP contribution in [0.1, 0.15) is 37.5 Å². The van der Waals surface area contributed by atoms with Crippen LogP contribution in [0.2, 0.25) is 0 Å². The smallest absolute Gasteiger partial charge is 0.407 e. The highest BCUT2D eigenvalue weighted by molar-refractivity contribution is 5.67. The number of carbonyl (C=O) groups is 1. The minimum atomic E-state index is -0.452. The molecule has 5 nitrogen and oxygen atoms in total. The molecule has 3 N–H and O–H groups in total. The van der Waals surface area contributed by atoms with Gasteiger partial charge in [0.25, 0.3) is 0 Å². The molecule has 1 amide bonds. The first-order valence-electron chi connectivity index (χ1n) is 7.87. The highest BCUT2D eigenvalue weighted by Crippen LogP contribution is 2.20. The summed E-state index contributed by atoms with van der Waals surface area (Å²) < 4.78 is 5.23. The summed E-state index contributed by atoms with van der Waals surface area (Å²) in [6.45, 7) is 9.53. The van der Waals surface area contributed by atoms with Crippen LogP contribution in [0.5, 0.6) is 0 Å². The van der Waals surface area contributed by atoms with Crippen LogP contribution in [0, 0.1) is 0 Å². The minimum Gasteiger partial charge on any atom is -0.444 e. The van der Waals surface area contributed by atoms with Crippen molar-refractivity contribution in [3.05, 3.63) is 34.9 Å². The van der Waals surface area contributed by atoms with Crippen LogP contribution in [0.15, 0.2) is 18.2 Å². The van der Waals surface area contributed by atoms with Crippen molar-refractivity contribution >= 4 is 6.09 Å². The second-order valence-electron chi connectivity index (χ2n) is 6.76. The van der Waals surface area contributed by atoms with Gasteiger partial charge in [-0.05, 0) is 43.9 Å². The second-order valence-corrected chi connectivity index (χ2v) is 6.76.